The second-order valence-electron chi connectivity index (χ2n) is 7.36. The lowest BCUT2D eigenvalue weighted by Crippen LogP contribution is -2.29. The van der Waals surface area contributed by atoms with Gasteiger partial charge in [-0.15, -0.1) is 0 Å². The summed E-state index contributed by atoms with van der Waals surface area (Å²) in [6.45, 7) is 5.25. The molecular weight excluding hydrogens is 419 g/mol. The predicted octanol–water partition coefficient (Wildman–Crippen LogP) is 4.54. The Kier molecular flexibility index (Phi) is 5.37. The van der Waals surface area contributed by atoms with Gasteiger partial charge < -0.3 is 5.32 Å². The summed E-state index contributed by atoms with van der Waals surface area (Å²) in [5, 5.41) is 8.51. The van der Waals surface area contributed by atoms with Crippen molar-refractivity contribution in [1.82, 2.24) is 14.3 Å². The van der Waals surface area contributed by atoms with Crippen molar-refractivity contribution in [3.05, 3.63) is 86.5 Å². The number of carbonyl (C=O) groups excluding carboxylic acids is 1. The standard InChI is InChI=1S/C23H20ClFN4O2/c1-13-11-21(31)28(12-20(30)26-18-9-5-4-8-17(18)25)23-22(13)15(3)27-29(23)19-10-6-7-16(24)14(19)2/h4-11H,12H2,1-3H3,(H,26,30). The van der Waals surface area contributed by atoms with Crippen LogP contribution in [0.15, 0.2) is 53.3 Å². The third-order valence-electron chi connectivity index (χ3n) is 5.21. The zero-order chi connectivity index (χ0) is 22.3. The molecule has 31 heavy (non-hydrogen) atoms. The minimum Gasteiger partial charge on any atom is -0.322 e. The number of para-hydroxylation sites is 1. The zero-order valence-corrected chi connectivity index (χ0v) is 18.0. The largest absolute Gasteiger partial charge is 0.322 e. The first-order valence-electron chi connectivity index (χ1n) is 9.67. The number of nitrogens with zero attached hydrogens (tertiary/aromatic N) is 3. The Labute approximate surface area is 182 Å². The van der Waals surface area contributed by atoms with Crippen molar-refractivity contribution in [2.75, 3.05) is 5.32 Å². The molecule has 4 rings (SSSR count). The van der Waals surface area contributed by atoms with Gasteiger partial charge in [-0.05, 0) is 56.2 Å². The fraction of sp³-hybridized carbons (Fsp3) is 0.174. The van der Waals surface area contributed by atoms with Crippen molar-refractivity contribution in [3.63, 3.8) is 0 Å². The third kappa shape index (κ3) is 3.72. The van der Waals surface area contributed by atoms with Crippen LogP contribution in [0.2, 0.25) is 5.02 Å². The van der Waals surface area contributed by atoms with Crippen molar-refractivity contribution in [2.45, 2.75) is 27.3 Å². The van der Waals surface area contributed by atoms with Gasteiger partial charge in [-0.1, -0.05) is 29.8 Å². The summed E-state index contributed by atoms with van der Waals surface area (Å²) in [6.07, 6.45) is 0. The minimum absolute atomic E-state index is 0.0549. The van der Waals surface area contributed by atoms with E-state index >= 15 is 0 Å². The van der Waals surface area contributed by atoms with Gasteiger partial charge in [0.25, 0.3) is 5.56 Å². The van der Waals surface area contributed by atoms with Crippen molar-refractivity contribution in [2.24, 2.45) is 0 Å². The summed E-state index contributed by atoms with van der Waals surface area (Å²) >= 11 is 6.30. The number of carbonyl (C=O) groups is 1. The maximum atomic E-state index is 13.9. The van der Waals surface area contributed by atoms with Gasteiger partial charge in [0.2, 0.25) is 5.91 Å². The monoisotopic (exact) mass is 438 g/mol. The maximum Gasteiger partial charge on any atom is 0.252 e. The lowest BCUT2D eigenvalue weighted by Gasteiger charge is -2.14. The van der Waals surface area contributed by atoms with Crippen LogP contribution in [-0.4, -0.2) is 20.3 Å². The molecule has 0 fully saturated rings. The van der Waals surface area contributed by atoms with E-state index in [1.54, 1.807) is 22.9 Å². The Morgan fingerprint density at radius 1 is 1.13 bits per heavy atom. The summed E-state index contributed by atoms with van der Waals surface area (Å²) in [5.41, 5.74) is 3.17. The normalized spacial score (nSPS) is 11.1. The van der Waals surface area contributed by atoms with Crippen LogP contribution in [0.1, 0.15) is 16.8 Å². The summed E-state index contributed by atoms with van der Waals surface area (Å²) in [7, 11) is 0. The molecule has 0 aliphatic heterocycles. The third-order valence-corrected chi connectivity index (χ3v) is 5.62. The molecule has 0 aliphatic carbocycles. The van der Waals surface area contributed by atoms with Crippen LogP contribution in [0.3, 0.4) is 0 Å². The highest BCUT2D eigenvalue weighted by molar-refractivity contribution is 6.31. The van der Waals surface area contributed by atoms with Crippen molar-refractivity contribution < 1.29 is 9.18 Å². The molecule has 0 unspecified atom stereocenters. The molecule has 0 spiro atoms. The predicted molar refractivity (Wildman–Crippen MR) is 120 cm³/mol. The number of fused-ring (bicyclic) bond motifs is 1. The summed E-state index contributed by atoms with van der Waals surface area (Å²) < 4.78 is 16.9. The SMILES string of the molecule is Cc1c(Cl)cccc1-n1nc(C)c2c(C)cc(=O)n(CC(=O)Nc3ccccc3F)c21. The lowest BCUT2D eigenvalue weighted by atomic mass is 10.1. The zero-order valence-electron chi connectivity index (χ0n) is 17.2. The topological polar surface area (TPSA) is 68.9 Å². The van der Waals surface area contributed by atoms with E-state index in [0.29, 0.717) is 16.4 Å². The van der Waals surface area contributed by atoms with Crippen LogP contribution in [0.4, 0.5) is 10.1 Å². The number of amides is 1. The fourth-order valence-electron chi connectivity index (χ4n) is 3.71. The number of benzene rings is 2. The van der Waals surface area contributed by atoms with E-state index in [0.717, 1.165) is 22.2 Å². The van der Waals surface area contributed by atoms with Gasteiger partial charge in [0.1, 0.15) is 18.0 Å². The van der Waals surface area contributed by atoms with E-state index < -0.39 is 11.7 Å². The number of hydrogen-bond donors (Lipinski definition) is 1. The second kappa shape index (κ2) is 8.00. The number of rotatable bonds is 4. The molecule has 2 aromatic carbocycles. The highest BCUT2D eigenvalue weighted by Gasteiger charge is 2.20. The number of nitrogens with one attached hydrogen (secondary N) is 1. The van der Waals surface area contributed by atoms with E-state index in [1.807, 2.05) is 26.8 Å². The van der Waals surface area contributed by atoms with Crippen LogP contribution < -0.4 is 10.9 Å². The van der Waals surface area contributed by atoms with Gasteiger partial charge in [0.15, 0.2) is 0 Å². The van der Waals surface area contributed by atoms with Crippen LogP contribution in [0.25, 0.3) is 16.7 Å². The van der Waals surface area contributed by atoms with E-state index in [-0.39, 0.29) is 17.8 Å². The molecule has 2 aromatic heterocycles. The quantitative estimate of drug-likeness (QED) is 0.508. The van der Waals surface area contributed by atoms with E-state index in [2.05, 4.69) is 10.4 Å². The van der Waals surface area contributed by atoms with Gasteiger partial charge in [-0.2, -0.15) is 5.10 Å². The lowest BCUT2D eigenvalue weighted by molar-refractivity contribution is -0.116. The average Bonchev–Trinajstić information content (AvgIpc) is 3.06. The van der Waals surface area contributed by atoms with E-state index in [9.17, 15) is 14.0 Å². The van der Waals surface area contributed by atoms with Crippen LogP contribution >= 0.6 is 11.6 Å². The number of pyridine rings is 1. The molecule has 0 atom stereocenters. The van der Waals surface area contributed by atoms with Gasteiger partial charge in [0, 0.05) is 16.5 Å². The van der Waals surface area contributed by atoms with Gasteiger partial charge in [-0.3, -0.25) is 14.2 Å². The Balaban J connectivity index is 1.87. The molecule has 4 aromatic rings. The van der Waals surface area contributed by atoms with Crippen LogP contribution in [-0.2, 0) is 11.3 Å². The van der Waals surface area contributed by atoms with E-state index in [4.69, 9.17) is 11.6 Å². The first-order valence-corrected chi connectivity index (χ1v) is 10.1. The molecule has 0 bridgehead atoms. The number of hydrogen-bond acceptors (Lipinski definition) is 3. The minimum atomic E-state index is -0.548. The maximum absolute atomic E-state index is 13.9. The Morgan fingerprint density at radius 2 is 1.87 bits per heavy atom. The molecule has 1 N–H and O–H groups in total. The van der Waals surface area contributed by atoms with Gasteiger partial charge >= 0.3 is 0 Å². The Hall–Kier alpha value is -3.45. The smallest absolute Gasteiger partial charge is 0.252 e. The van der Waals surface area contributed by atoms with Crippen molar-refractivity contribution in [1.29, 1.82) is 0 Å². The molecule has 2 heterocycles. The molecule has 0 saturated carbocycles. The van der Waals surface area contributed by atoms with Gasteiger partial charge in [-0.25, -0.2) is 9.07 Å². The molecular formula is C23H20ClFN4O2. The first kappa shape index (κ1) is 20.8. The molecule has 8 heteroatoms. The number of anilines is 1. The fourth-order valence-corrected chi connectivity index (χ4v) is 3.88. The van der Waals surface area contributed by atoms with E-state index in [1.165, 1.54) is 28.8 Å². The number of aromatic nitrogens is 3. The van der Waals surface area contributed by atoms with Crippen molar-refractivity contribution in [3.8, 4) is 5.69 Å². The second-order valence-corrected chi connectivity index (χ2v) is 7.77. The van der Waals surface area contributed by atoms with Crippen LogP contribution in [0, 0.1) is 26.6 Å². The highest BCUT2D eigenvalue weighted by Crippen LogP contribution is 2.28. The first-order chi connectivity index (χ1) is 14.8. The molecule has 1 amide bonds. The van der Waals surface area contributed by atoms with Gasteiger partial charge in [0.05, 0.1) is 17.1 Å². The molecule has 0 saturated heterocycles. The van der Waals surface area contributed by atoms with Crippen molar-refractivity contribution >= 4 is 34.2 Å². The number of aryl methyl sites for hydroxylation is 2. The Bertz CT molecular complexity index is 1390. The highest BCUT2D eigenvalue weighted by atomic mass is 35.5. The summed E-state index contributed by atoms with van der Waals surface area (Å²) in [5.74, 6) is -1.07. The molecule has 0 radical (unpaired) electrons. The summed E-state index contributed by atoms with van der Waals surface area (Å²) in [4.78, 5) is 25.6. The molecule has 0 aliphatic rings. The average molecular weight is 439 g/mol. The molecule has 6 nitrogen and oxygen atoms in total. The Morgan fingerprint density at radius 3 is 2.61 bits per heavy atom. The number of halogens is 2. The molecule has 158 valence electrons. The van der Waals surface area contributed by atoms with Crippen LogP contribution in [0.5, 0.6) is 0 Å². The summed E-state index contributed by atoms with van der Waals surface area (Å²) in [6, 6.07) is 12.8.